The van der Waals surface area contributed by atoms with Crippen LogP contribution in [0.1, 0.15) is 20.8 Å². The van der Waals surface area contributed by atoms with Gasteiger partial charge >= 0.3 is 6.09 Å². The van der Waals surface area contributed by atoms with E-state index in [4.69, 9.17) is 14.2 Å². The van der Waals surface area contributed by atoms with E-state index in [9.17, 15) is 4.79 Å². The Labute approximate surface area is 175 Å². The number of likely N-dealkylation sites (tertiary alicyclic amines) is 1. The van der Waals surface area contributed by atoms with E-state index in [-0.39, 0.29) is 6.10 Å². The average molecular weight is 499 g/mol. The predicted octanol–water partition coefficient (Wildman–Crippen LogP) is 5.61. The van der Waals surface area contributed by atoms with E-state index in [1.165, 1.54) is 4.90 Å². The number of ether oxygens (including phenoxy) is 3. The Hall–Kier alpha value is -1.73. The number of benzene rings is 2. The smallest absolute Gasteiger partial charge is 0.413 e. The van der Waals surface area contributed by atoms with E-state index in [1.807, 2.05) is 69.3 Å². The molecule has 0 spiro atoms. The fourth-order valence-corrected chi connectivity index (χ4v) is 3.34. The lowest BCUT2D eigenvalue weighted by Gasteiger charge is -2.46. The summed E-state index contributed by atoms with van der Waals surface area (Å²) in [7, 11) is 0. The molecule has 27 heavy (non-hydrogen) atoms. The van der Waals surface area contributed by atoms with Crippen LogP contribution in [0.2, 0.25) is 0 Å². The largest absolute Gasteiger partial charge is 0.483 e. The molecule has 2 unspecified atom stereocenters. The summed E-state index contributed by atoms with van der Waals surface area (Å²) in [6, 6.07) is 15.1. The highest BCUT2D eigenvalue weighted by Gasteiger charge is 2.47. The molecule has 0 aromatic heterocycles. The molecule has 1 aliphatic heterocycles. The van der Waals surface area contributed by atoms with Crippen molar-refractivity contribution in [3.05, 3.63) is 57.5 Å². The van der Waals surface area contributed by atoms with Crippen molar-refractivity contribution in [2.75, 3.05) is 6.54 Å². The van der Waals surface area contributed by atoms with Crippen LogP contribution in [0.25, 0.3) is 0 Å². The van der Waals surface area contributed by atoms with Crippen LogP contribution in [-0.4, -0.2) is 35.5 Å². The van der Waals surface area contributed by atoms with Crippen molar-refractivity contribution in [3.8, 4) is 11.5 Å². The maximum absolute atomic E-state index is 12.5. The molecule has 0 saturated carbocycles. The van der Waals surface area contributed by atoms with Crippen LogP contribution >= 0.6 is 31.9 Å². The molecule has 1 amide bonds. The molecule has 144 valence electrons. The van der Waals surface area contributed by atoms with Gasteiger partial charge in [-0.15, -0.1) is 0 Å². The van der Waals surface area contributed by atoms with Gasteiger partial charge in [-0.3, -0.25) is 4.90 Å². The van der Waals surface area contributed by atoms with Crippen LogP contribution in [0.3, 0.4) is 0 Å². The molecule has 1 saturated heterocycles. The molecule has 1 aliphatic rings. The zero-order valence-corrected chi connectivity index (χ0v) is 18.5. The molecule has 2 aromatic rings. The van der Waals surface area contributed by atoms with E-state index < -0.39 is 17.9 Å². The Morgan fingerprint density at radius 3 is 2.07 bits per heavy atom. The van der Waals surface area contributed by atoms with Crippen molar-refractivity contribution < 1.29 is 19.0 Å². The first kappa shape index (κ1) is 20.0. The SMILES string of the molecule is CC(C)(C)OC(=O)N1CC(Oc2cccc(Br)c2)C1Oc1cccc(Br)c1. The van der Waals surface area contributed by atoms with Gasteiger partial charge in [0.2, 0.25) is 6.23 Å². The van der Waals surface area contributed by atoms with Gasteiger partial charge in [0.15, 0.2) is 6.10 Å². The molecule has 1 fully saturated rings. The highest BCUT2D eigenvalue weighted by molar-refractivity contribution is 9.10. The molecular formula is C20H21Br2NO4. The average Bonchev–Trinajstić information content (AvgIpc) is 2.54. The summed E-state index contributed by atoms with van der Waals surface area (Å²) in [6.45, 7) is 5.90. The summed E-state index contributed by atoms with van der Waals surface area (Å²) in [6.07, 6.45) is -1.30. The quantitative estimate of drug-likeness (QED) is 0.549. The van der Waals surface area contributed by atoms with Gasteiger partial charge < -0.3 is 14.2 Å². The van der Waals surface area contributed by atoms with E-state index in [1.54, 1.807) is 0 Å². The van der Waals surface area contributed by atoms with Crippen LogP contribution < -0.4 is 9.47 Å². The van der Waals surface area contributed by atoms with Crippen LogP contribution in [0.5, 0.6) is 11.5 Å². The van der Waals surface area contributed by atoms with Crippen LogP contribution in [-0.2, 0) is 4.74 Å². The molecule has 1 heterocycles. The standard InChI is InChI=1S/C20H21Br2NO4/c1-20(2,3)27-19(24)23-12-17(25-15-8-4-6-13(21)10-15)18(23)26-16-9-5-7-14(22)11-16/h4-11,17-18H,12H2,1-3H3. The summed E-state index contributed by atoms with van der Waals surface area (Å²) in [4.78, 5) is 14.0. The Morgan fingerprint density at radius 1 is 1.00 bits per heavy atom. The topological polar surface area (TPSA) is 48.0 Å². The van der Waals surface area contributed by atoms with Crippen LogP contribution in [0.4, 0.5) is 4.79 Å². The lowest BCUT2D eigenvalue weighted by atomic mass is 10.1. The van der Waals surface area contributed by atoms with E-state index in [2.05, 4.69) is 31.9 Å². The lowest BCUT2D eigenvalue weighted by Crippen LogP contribution is -2.67. The fourth-order valence-electron chi connectivity index (χ4n) is 2.58. The summed E-state index contributed by atoms with van der Waals surface area (Å²) in [5.74, 6) is 1.35. The molecule has 0 bridgehead atoms. The van der Waals surface area contributed by atoms with E-state index in [0.717, 1.165) is 8.95 Å². The molecule has 7 heteroatoms. The highest BCUT2D eigenvalue weighted by Crippen LogP contribution is 2.30. The van der Waals surface area contributed by atoms with E-state index in [0.29, 0.717) is 18.0 Å². The number of rotatable bonds is 4. The van der Waals surface area contributed by atoms with Crippen LogP contribution in [0.15, 0.2) is 57.5 Å². The molecule has 5 nitrogen and oxygen atoms in total. The van der Waals surface area contributed by atoms with Crippen molar-refractivity contribution in [3.63, 3.8) is 0 Å². The summed E-state index contributed by atoms with van der Waals surface area (Å²) in [5.41, 5.74) is -0.576. The Kier molecular flexibility index (Phi) is 6.01. The number of carbonyl (C=O) groups excluding carboxylic acids is 1. The normalized spacial score (nSPS) is 19.2. The van der Waals surface area contributed by atoms with Gasteiger partial charge in [0.1, 0.15) is 17.1 Å². The number of nitrogens with zero attached hydrogens (tertiary/aromatic N) is 1. The number of halogens is 2. The Bertz CT molecular complexity index is 822. The minimum atomic E-state index is -0.576. The molecular weight excluding hydrogens is 478 g/mol. The second kappa shape index (κ2) is 8.10. The van der Waals surface area contributed by atoms with Crippen molar-refractivity contribution in [2.24, 2.45) is 0 Å². The third kappa shape index (κ3) is 5.39. The second-order valence-corrected chi connectivity index (χ2v) is 9.04. The van der Waals surface area contributed by atoms with Crippen molar-refractivity contribution in [2.45, 2.75) is 38.7 Å². The van der Waals surface area contributed by atoms with Crippen molar-refractivity contribution in [1.29, 1.82) is 0 Å². The summed E-state index contributed by atoms with van der Waals surface area (Å²) >= 11 is 6.87. The van der Waals surface area contributed by atoms with Crippen LogP contribution in [0, 0.1) is 0 Å². The first-order valence-corrected chi connectivity index (χ1v) is 10.1. The Balaban J connectivity index is 1.76. The van der Waals surface area contributed by atoms with Crippen molar-refractivity contribution in [1.82, 2.24) is 4.90 Å². The van der Waals surface area contributed by atoms with Crippen molar-refractivity contribution >= 4 is 38.0 Å². The molecule has 0 aliphatic carbocycles. The maximum Gasteiger partial charge on any atom is 0.413 e. The first-order chi connectivity index (χ1) is 12.7. The summed E-state index contributed by atoms with van der Waals surface area (Å²) < 4.78 is 19.4. The van der Waals surface area contributed by atoms with Gasteiger partial charge in [-0.05, 0) is 57.2 Å². The van der Waals surface area contributed by atoms with Gasteiger partial charge in [0.25, 0.3) is 0 Å². The molecule has 2 atom stereocenters. The molecule has 0 N–H and O–H groups in total. The van der Waals surface area contributed by atoms with Gasteiger partial charge in [0.05, 0.1) is 6.54 Å². The number of hydrogen-bond acceptors (Lipinski definition) is 4. The maximum atomic E-state index is 12.5. The first-order valence-electron chi connectivity index (χ1n) is 8.55. The number of carbonyl (C=O) groups is 1. The van der Waals surface area contributed by atoms with Gasteiger partial charge in [-0.2, -0.15) is 0 Å². The monoisotopic (exact) mass is 497 g/mol. The van der Waals surface area contributed by atoms with Gasteiger partial charge in [-0.1, -0.05) is 44.0 Å². The number of amides is 1. The second-order valence-electron chi connectivity index (χ2n) is 7.21. The Morgan fingerprint density at radius 2 is 1.56 bits per heavy atom. The van der Waals surface area contributed by atoms with Gasteiger partial charge in [-0.25, -0.2) is 4.79 Å². The number of hydrogen-bond donors (Lipinski definition) is 0. The van der Waals surface area contributed by atoms with E-state index >= 15 is 0 Å². The highest BCUT2D eigenvalue weighted by atomic mass is 79.9. The fraction of sp³-hybridized carbons (Fsp3) is 0.350. The third-order valence-electron chi connectivity index (χ3n) is 3.77. The molecule has 2 aromatic carbocycles. The minimum Gasteiger partial charge on any atom is -0.483 e. The molecule has 3 rings (SSSR count). The lowest BCUT2D eigenvalue weighted by molar-refractivity contribution is -0.136. The van der Waals surface area contributed by atoms with Gasteiger partial charge in [0, 0.05) is 8.95 Å². The predicted molar refractivity (Wildman–Crippen MR) is 110 cm³/mol. The minimum absolute atomic E-state index is 0.300. The zero-order chi connectivity index (χ0) is 19.6. The third-order valence-corrected chi connectivity index (χ3v) is 4.75. The zero-order valence-electron chi connectivity index (χ0n) is 15.3. The molecule has 0 radical (unpaired) electrons. The summed E-state index contributed by atoms with van der Waals surface area (Å²) in [5, 5.41) is 0.